The molecule has 0 spiro atoms. The van der Waals surface area contributed by atoms with Gasteiger partial charge < -0.3 is 15.2 Å². The molecule has 31 heavy (non-hydrogen) atoms. The fraction of sp³-hybridized carbons (Fsp3) is 0.286. The highest BCUT2D eigenvalue weighted by atomic mass is 32.1. The minimum absolute atomic E-state index is 0.0194. The molecular weight excluding hydrogens is 423 g/mol. The van der Waals surface area contributed by atoms with Gasteiger partial charge in [-0.2, -0.15) is 0 Å². The Morgan fingerprint density at radius 3 is 2.74 bits per heavy atom. The quantitative estimate of drug-likeness (QED) is 0.539. The first-order chi connectivity index (χ1) is 14.8. The topological polar surface area (TPSA) is 114 Å². The number of carbonyl (C=O) groups is 2. The number of aromatic nitrogens is 3. The number of rotatable bonds is 7. The van der Waals surface area contributed by atoms with E-state index in [0.29, 0.717) is 21.6 Å². The Bertz CT molecular complexity index is 1120. The van der Waals surface area contributed by atoms with Crippen LogP contribution < -0.4 is 5.32 Å². The summed E-state index contributed by atoms with van der Waals surface area (Å²) in [4.78, 5) is 37.3. The van der Waals surface area contributed by atoms with Crippen LogP contribution in [-0.4, -0.2) is 45.1 Å². The summed E-state index contributed by atoms with van der Waals surface area (Å²) in [6.45, 7) is 5.26. The van der Waals surface area contributed by atoms with Gasteiger partial charge in [-0.3, -0.25) is 4.79 Å². The number of thiazole rings is 1. The van der Waals surface area contributed by atoms with Gasteiger partial charge in [-0.1, -0.05) is 12.1 Å². The van der Waals surface area contributed by atoms with Crippen LogP contribution in [-0.2, 0) is 4.74 Å². The Morgan fingerprint density at radius 1 is 1.29 bits per heavy atom. The number of amides is 1. The Hall–Kier alpha value is -3.24. The molecule has 2 heterocycles. The lowest BCUT2D eigenvalue weighted by Crippen LogP contribution is -2.29. The summed E-state index contributed by atoms with van der Waals surface area (Å²) in [5.74, 6) is -2.09. The number of ether oxygens (including phenoxy) is 1. The second kappa shape index (κ2) is 9.71. The van der Waals surface area contributed by atoms with Crippen molar-refractivity contribution in [2.75, 3.05) is 13.2 Å². The summed E-state index contributed by atoms with van der Waals surface area (Å²) in [5.41, 5.74) is 3.35. The number of nitrogens with one attached hydrogen (secondary N) is 1. The average molecular weight is 444 g/mol. The normalized spacial score (nSPS) is 11.8. The van der Waals surface area contributed by atoms with Crippen LogP contribution in [0.2, 0.25) is 0 Å². The number of carbonyl (C=O) groups excluding carboxylic acids is 2. The van der Waals surface area contributed by atoms with Crippen molar-refractivity contribution < 1.29 is 23.8 Å². The van der Waals surface area contributed by atoms with E-state index < -0.39 is 29.5 Å². The number of aliphatic hydroxyl groups is 1. The number of halogens is 1. The smallest absolute Gasteiger partial charge is 0.360 e. The summed E-state index contributed by atoms with van der Waals surface area (Å²) in [7, 11) is 0. The Labute approximate surface area is 182 Å². The number of esters is 1. The molecule has 0 saturated carbocycles. The van der Waals surface area contributed by atoms with E-state index in [9.17, 15) is 19.1 Å². The lowest BCUT2D eigenvalue weighted by atomic mass is 10.0. The van der Waals surface area contributed by atoms with Crippen molar-refractivity contribution in [2.24, 2.45) is 0 Å². The Balaban J connectivity index is 1.82. The van der Waals surface area contributed by atoms with E-state index in [-0.39, 0.29) is 19.0 Å². The fourth-order valence-corrected chi connectivity index (χ4v) is 3.65. The molecule has 2 aromatic heterocycles. The minimum Gasteiger partial charge on any atom is -0.461 e. The molecule has 1 aromatic carbocycles. The molecule has 0 aliphatic rings. The van der Waals surface area contributed by atoms with Gasteiger partial charge in [0.05, 0.1) is 28.9 Å². The van der Waals surface area contributed by atoms with Gasteiger partial charge >= 0.3 is 5.97 Å². The summed E-state index contributed by atoms with van der Waals surface area (Å²) in [5, 5.41) is 13.0. The Morgan fingerprint density at radius 2 is 2.06 bits per heavy atom. The van der Waals surface area contributed by atoms with Crippen LogP contribution in [0, 0.1) is 19.7 Å². The van der Waals surface area contributed by atoms with E-state index in [2.05, 4.69) is 20.3 Å². The van der Waals surface area contributed by atoms with E-state index in [0.717, 1.165) is 11.9 Å². The van der Waals surface area contributed by atoms with Crippen molar-refractivity contribution in [1.29, 1.82) is 0 Å². The molecule has 0 aliphatic heterocycles. The minimum atomic E-state index is -0.889. The maximum atomic E-state index is 13.9. The molecule has 3 aromatic rings. The third kappa shape index (κ3) is 5.09. The van der Waals surface area contributed by atoms with Crippen LogP contribution in [0.1, 0.15) is 50.0 Å². The molecular formula is C21H21FN4O4S. The number of aliphatic hydroxyl groups excluding tert-OH is 1. The summed E-state index contributed by atoms with van der Waals surface area (Å²) in [6, 6.07) is 4.92. The fourth-order valence-electron chi connectivity index (χ4n) is 2.86. The summed E-state index contributed by atoms with van der Waals surface area (Å²) >= 11 is 1.32. The second-order valence-electron chi connectivity index (χ2n) is 6.67. The highest BCUT2D eigenvalue weighted by molar-refractivity contribution is 7.09. The summed E-state index contributed by atoms with van der Waals surface area (Å²) < 4.78 is 18.7. The molecule has 0 radical (unpaired) electrons. The lowest BCUT2D eigenvalue weighted by Gasteiger charge is -2.13. The highest BCUT2D eigenvalue weighted by Gasteiger charge is 2.19. The molecule has 1 atom stereocenters. The van der Waals surface area contributed by atoms with Crippen LogP contribution in [0.5, 0.6) is 0 Å². The third-order valence-electron chi connectivity index (χ3n) is 4.49. The van der Waals surface area contributed by atoms with Crippen LogP contribution in [0.4, 0.5) is 4.39 Å². The number of benzene rings is 1. The van der Waals surface area contributed by atoms with Crippen molar-refractivity contribution in [3.8, 4) is 11.4 Å². The number of aryl methyl sites for hydroxylation is 2. The molecule has 0 fully saturated rings. The van der Waals surface area contributed by atoms with Gasteiger partial charge in [0.1, 0.15) is 6.10 Å². The van der Waals surface area contributed by atoms with Crippen molar-refractivity contribution in [2.45, 2.75) is 26.9 Å². The number of hydrogen-bond acceptors (Lipinski definition) is 8. The van der Waals surface area contributed by atoms with Crippen LogP contribution >= 0.6 is 11.3 Å². The van der Waals surface area contributed by atoms with Gasteiger partial charge in [-0.15, -0.1) is 11.3 Å². The van der Waals surface area contributed by atoms with Gasteiger partial charge in [0.2, 0.25) is 0 Å². The largest absolute Gasteiger partial charge is 0.461 e. The predicted octanol–water partition coefficient (Wildman–Crippen LogP) is 3.00. The molecule has 3 rings (SSSR count). The SMILES string of the molecule is CCOC(=O)c1nc(-c2ccc(C)c(C(=O)NC[C@@H](O)c3scnc3C)c2)ncc1F. The van der Waals surface area contributed by atoms with E-state index in [4.69, 9.17) is 4.74 Å². The van der Waals surface area contributed by atoms with Gasteiger partial charge in [0, 0.05) is 17.7 Å². The van der Waals surface area contributed by atoms with Crippen LogP contribution in [0.25, 0.3) is 11.4 Å². The molecule has 1 amide bonds. The van der Waals surface area contributed by atoms with E-state index in [1.165, 1.54) is 11.3 Å². The first-order valence-electron chi connectivity index (χ1n) is 9.48. The zero-order valence-corrected chi connectivity index (χ0v) is 18.0. The molecule has 162 valence electrons. The van der Waals surface area contributed by atoms with Crippen molar-refractivity contribution in [1.82, 2.24) is 20.3 Å². The average Bonchev–Trinajstić information content (AvgIpc) is 3.18. The first-order valence-corrected chi connectivity index (χ1v) is 10.4. The number of hydrogen-bond donors (Lipinski definition) is 2. The monoisotopic (exact) mass is 444 g/mol. The first kappa shape index (κ1) is 22.4. The second-order valence-corrected chi connectivity index (χ2v) is 7.55. The Kier molecular flexibility index (Phi) is 7.03. The number of nitrogens with zero attached hydrogens (tertiary/aromatic N) is 3. The lowest BCUT2D eigenvalue weighted by molar-refractivity contribution is 0.0513. The highest BCUT2D eigenvalue weighted by Crippen LogP contribution is 2.23. The zero-order chi connectivity index (χ0) is 22.5. The molecule has 0 saturated heterocycles. The molecule has 0 unspecified atom stereocenters. The molecule has 0 bridgehead atoms. The van der Waals surface area contributed by atoms with Crippen LogP contribution in [0.15, 0.2) is 29.9 Å². The third-order valence-corrected chi connectivity index (χ3v) is 5.53. The van der Waals surface area contributed by atoms with Gasteiger partial charge in [-0.25, -0.2) is 24.1 Å². The molecule has 8 nitrogen and oxygen atoms in total. The maximum absolute atomic E-state index is 13.9. The van der Waals surface area contributed by atoms with E-state index >= 15 is 0 Å². The standard InChI is InChI=1S/C21H21FN4O4S/c1-4-30-21(29)17-15(22)8-23-19(26-17)13-6-5-11(2)14(7-13)20(28)24-9-16(27)18-12(3)25-10-31-18/h5-8,10,16,27H,4,9H2,1-3H3,(H,24,28)/t16-/m1/s1. The molecule has 10 heteroatoms. The van der Waals surface area contributed by atoms with Crippen LogP contribution in [0.3, 0.4) is 0 Å². The van der Waals surface area contributed by atoms with E-state index in [1.54, 1.807) is 44.5 Å². The summed E-state index contributed by atoms with van der Waals surface area (Å²) in [6.07, 6.45) is 0.0228. The maximum Gasteiger partial charge on any atom is 0.360 e. The van der Waals surface area contributed by atoms with Gasteiger partial charge in [0.25, 0.3) is 5.91 Å². The van der Waals surface area contributed by atoms with Gasteiger partial charge in [-0.05, 0) is 32.4 Å². The van der Waals surface area contributed by atoms with Crippen molar-refractivity contribution in [3.05, 3.63) is 63.1 Å². The van der Waals surface area contributed by atoms with Crippen molar-refractivity contribution >= 4 is 23.2 Å². The molecule has 0 aliphatic carbocycles. The zero-order valence-electron chi connectivity index (χ0n) is 17.2. The van der Waals surface area contributed by atoms with E-state index in [1.807, 2.05) is 0 Å². The van der Waals surface area contributed by atoms with Gasteiger partial charge in [0.15, 0.2) is 17.3 Å². The van der Waals surface area contributed by atoms with Crippen molar-refractivity contribution in [3.63, 3.8) is 0 Å². The molecule has 2 N–H and O–H groups in total. The predicted molar refractivity (Wildman–Crippen MR) is 112 cm³/mol.